The zero-order valence-corrected chi connectivity index (χ0v) is 13.2. The van der Waals surface area contributed by atoms with E-state index in [2.05, 4.69) is 15.5 Å². The molecule has 0 saturated heterocycles. The van der Waals surface area contributed by atoms with Crippen LogP contribution in [0.1, 0.15) is 11.1 Å². The van der Waals surface area contributed by atoms with E-state index in [9.17, 15) is 4.39 Å². The van der Waals surface area contributed by atoms with Crippen LogP contribution in [0.5, 0.6) is 5.75 Å². The molecule has 6 heteroatoms. The van der Waals surface area contributed by atoms with Gasteiger partial charge in [0.05, 0.1) is 12.8 Å². The van der Waals surface area contributed by atoms with Gasteiger partial charge in [-0.15, -0.1) is 5.10 Å². The van der Waals surface area contributed by atoms with E-state index in [4.69, 9.17) is 4.74 Å². The minimum absolute atomic E-state index is 0.258. The standard InChI is InChI=1S/C17H14FN3OS/c1-22-15-8-2-12(3-9-15)10-19-17-21-20-16(11-23-17)13-4-6-14(18)7-5-13/h2-11,20H,1H3. The van der Waals surface area contributed by atoms with Gasteiger partial charge in [-0.3, -0.25) is 5.43 Å². The van der Waals surface area contributed by atoms with Crippen LogP contribution in [0.25, 0.3) is 5.70 Å². The topological polar surface area (TPSA) is 46.0 Å². The van der Waals surface area contributed by atoms with Gasteiger partial charge in [0.2, 0.25) is 5.17 Å². The highest BCUT2D eigenvalue weighted by Gasteiger charge is 2.08. The van der Waals surface area contributed by atoms with Crippen LogP contribution < -0.4 is 10.2 Å². The molecule has 1 N–H and O–H groups in total. The summed E-state index contributed by atoms with van der Waals surface area (Å²) in [5.74, 6) is 0.547. The van der Waals surface area contributed by atoms with E-state index in [0.717, 1.165) is 22.6 Å². The second kappa shape index (κ2) is 7.11. The molecular weight excluding hydrogens is 313 g/mol. The number of amidine groups is 1. The van der Waals surface area contributed by atoms with E-state index in [0.29, 0.717) is 5.17 Å². The predicted molar refractivity (Wildman–Crippen MR) is 93.1 cm³/mol. The molecule has 0 saturated carbocycles. The highest BCUT2D eigenvalue weighted by molar-refractivity contribution is 8.16. The highest BCUT2D eigenvalue weighted by atomic mass is 32.2. The summed E-state index contributed by atoms with van der Waals surface area (Å²) in [5, 5.41) is 6.71. The molecule has 0 aromatic heterocycles. The van der Waals surface area contributed by atoms with Crippen molar-refractivity contribution in [3.8, 4) is 5.75 Å². The average molecular weight is 327 g/mol. The smallest absolute Gasteiger partial charge is 0.210 e. The fraction of sp³-hybridized carbons (Fsp3) is 0.0588. The highest BCUT2D eigenvalue weighted by Crippen LogP contribution is 2.22. The van der Waals surface area contributed by atoms with Crippen LogP contribution in [-0.4, -0.2) is 18.5 Å². The monoisotopic (exact) mass is 327 g/mol. The van der Waals surface area contributed by atoms with Gasteiger partial charge in [-0.1, -0.05) is 11.8 Å². The molecule has 0 aliphatic carbocycles. The Hall–Kier alpha value is -2.60. The third-order valence-electron chi connectivity index (χ3n) is 3.15. The quantitative estimate of drug-likeness (QED) is 0.871. The van der Waals surface area contributed by atoms with Gasteiger partial charge in [-0.25, -0.2) is 9.38 Å². The number of hydrazone groups is 1. The lowest BCUT2D eigenvalue weighted by atomic mass is 10.2. The summed E-state index contributed by atoms with van der Waals surface area (Å²) in [6.07, 6.45) is 1.74. The van der Waals surface area contributed by atoms with Gasteiger partial charge in [-0.2, -0.15) is 0 Å². The third kappa shape index (κ3) is 3.98. The molecule has 0 spiro atoms. The minimum Gasteiger partial charge on any atom is -0.497 e. The number of ether oxygens (including phenoxy) is 1. The maximum atomic E-state index is 12.9. The number of nitrogens with zero attached hydrogens (tertiary/aromatic N) is 2. The summed E-state index contributed by atoms with van der Waals surface area (Å²) < 4.78 is 18.0. The molecule has 23 heavy (non-hydrogen) atoms. The molecule has 2 aromatic carbocycles. The predicted octanol–water partition coefficient (Wildman–Crippen LogP) is 3.86. The summed E-state index contributed by atoms with van der Waals surface area (Å²) in [4.78, 5) is 4.33. The number of hydrogen-bond donors (Lipinski definition) is 1. The Labute approximate surface area is 137 Å². The molecule has 1 heterocycles. The van der Waals surface area contributed by atoms with Crippen molar-refractivity contribution < 1.29 is 9.13 Å². The van der Waals surface area contributed by atoms with Crippen molar-refractivity contribution >= 4 is 28.8 Å². The number of thioether (sulfide) groups is 1. The lowest BCUT2D eigenvalue weighted by molar-refractivity contribution is 0.415. The van der Waals surface area contributed by atoms with E-state index in [1.54, 1.807) is 25.5 Å². The van der Waals surface area contributed by atoms with Gasteiger partial charge in [0.15, 0.2) is 0 Å². The molecule has 0 radical (unpaired) electrons. The van der Waals surface area contributed by atoms with Crippen molar-refractivity contribution in [2.24, 2.45) is 10.1 Å². The first-order chi connectivity index (χ1) is 11.2. The summed E-state index contributed by atoms with van der Waals surface area (Å²) in [5.41, 5.74) is 5.59. The third-order valence-corrected chi connectivity index (χ3v) is 3.91. The molecule has 4 nitrogen and oxygen atoms in total. The van der Waals surface area contributed by atoms with Crippen LogP contribution in [0, 0.1) is 5.82 Å². The number of methoxy groups -OCH3 is 1. The SMILES string of the molecule is COc1ccc(C=NC2=NNC(c3ccc(F)cc3)=CS2)cc1. The molecule has 0 fully saturated rings. The fourth-order valence-electron chi connectivity index (χ4n) is 1.91. The molecule has 1 aliphatic heterocycles. The second-order valence-electron chi connectivity index (χ2n) is 4.69. The minimum atomic E-state index is -0.258. The Bertz CT molecular complexity index is 767. The van der Waals surface area contributed by atoms with Gasteiger partial charge in [0.1, 0.15) is 11.6 Å². The summed E-state index contributed by atoms with van der Waals surface area (Å²) in [6, 6.07) is 13.8. The van der Waals surface area contributed by atoms with Gasteiger partial charge < -0.3 is 4.74 Å². The van der Waals surface area contributed by atoms with Crippen molar-refractivity contribution in [1.82, 2.24) is 5.43 Å². The Morgan fingerprint density at radius 3 is 2.48 bits per heavy atom. The number of nitrogens with one attached hydrogen (secondary N) is 1. The van der Waals surface area contributed by atoms with Crippen LogP contribution in [0.3, 0.4) is 0 Å². The van der Waals surface area contributed by atoms with E-state index in [1.165, 1.54) is 23.9 Å². The summed E-state index contributed by atoms with van der Waals surface area (Å²) in [7, 11) is 1.63. The number of hydrogen-bond acceptors (Lipinski definition) is 5. The first-order valence-corrected chi connectivity index (χ1v) is 7.77. The van der Waals surface area contributed by atoms with E-state index >= 15 is 0 Å². The molecule has 0 unspecified atom stereocenters. The van der Waals surface area contributed by atoms with E-state index in [-0.39, 0.29) is 5.82 Å². The summed E-state index contributed by atoms with van der Waals surface area (Å²) >= 11 is 1.41. The molecule has 116 valence electrons. The Morgan fingerprint density at radius 1 is 1.13 bits per heavy atom. The van der Waals surface area contributed by atoms with Crippen molar-refractivity contribution in [1.29, 1.82) is 0 Å². The average Bonchev–Trinajstić information content (AvgIpc) is 2.61. The van der Waals surface area contributed by atoms with Crippen molar-refractivity contribution in [3.05, 3.63) is 70.9 Å². The maximum Gasteiger partial charge on any atom is 0.210 e. The van der Waals surface area contributed by atoms with Gasteiger partial charge in [-0.05, 0) is 54.1 Å². The molecule has 0 atom stereocenters. The zero-order valence-electron chi connectivity index (χ0n) is 12.4. The normalized spacial score (nSPS) is 14.2. The van der Waals surface area contributed by atoms with Crippen LogP contribution in [-0.2, 0) is 0 Å². The zero-order chi connectivity index (χ0) is 16.1. The lowest BCUT2D eigenvalue weighted by Crippen LogP contribution is -2.10. The fourth-order valence-corrected chi connectivity index (χ4v) is 2.54. The van der Waals surface area contributed by atoms with E-state index < -0.39 is 0 Å². The number of benzene rings is 2. The molecule has 0 amide bonds. The first-order valence-electron chi connectivity index (χ1n) is 6.89. The molecule has 1 aliphatic rings. The number of halogens is 1. The largest absolute Gasteiger partial charge is 0.497 e. The van der Waals surface area contributed by atoms with Gasteiger partial charge in [0.25, 0.3) is 0 Å². The number of rotatable bonds is 3. The van der Waals surface area contributed by atoms with Crippen molar-refractivity contribution in [2.45, 2.75) is 0 Å². The van der Waals surface area contributed by atoms with Gasteiger partial charge >= 0.3 is 0 Å². The van der Waals surface area contributed by atoms with Crippen LogP contribution >= 0.6 is 11.8 Å². The maximum absolute atomic E-state index is 12.9. The Kier molecular flexibility index (Phi) is 4.73. The second-order valence-corrected chi connectivity index (χ2v) is 5.53. The van der Waals surface area contributed by atoms with Crippen molar-refractivity contribution in [3.63, 3.8) is 0 Å². The van der Waals surface area contributed by atoms with Crippen molar-refractivity contribution in [2.75, 3.05) is 7.11 Å². The van der Waals surface area contributed by atoms with Crippen LogP contribution in [0.2, 0.25) is 0 Å². The first kappa shape index (κ1) is 15.3. The molecule has 0 bridgehead atoms. The van der Waals surface area contributed by atoms with Crippen LogP contribution in [0.15, 0.2) is 64.0 Å². The van der Waals surface area contributed by atoms with E-state index in [1.807, 2.05) is 29.7 Å². The Morgan fingerprint density at radius 2 is 1.87 bits per heavy atom. The van der Waals surface area contributed by atoms with Gasteiger partial charge in [0, 0.05) is 17.2 Å². The number of aliphatic imine (C=N–C) groups is 1. The molecule has 3 rings (SSSR count). The summed E-state index contributed by atoms with van der Waals surface area (Å²) in [6.45, 7) is 0. The molecular formula is C17H14FN3OS. The Balaban J connectivity index is 1.63. The molecule has 2 aromatic rings. The lowest BCUT2D eigenvalue weighted by Gasteiger charge is -2.11. The van der Waals surface area contributed by atoms with Crippen LogP contribution in [0.4, 0.5) is 4.39 Å².